The van der Waals surface area contributed by atoms with Crippen molar-refractivity contribution in [2.75, 3.05) is 7.05 Å². The van der Waals surface area contributed by atoms with Gasteiger partial charge in [0.15, 0.2) is 0 Å². The molecule has 0 aliphatic carbocycles. The van der Waals surface area contributed by atoms with Gasteiger partial charge in [-0.2, -0.15) is 0 Å². The Morgan fingerprint density at radius 2 is 1.62 bits per heavy atom. The lowest BCUT2D eigenvalue weighted by atomic mass is 9.87. The highest BCUT2D eigenvalue weighted by molar-refractivity contribution is 5.31. The van der Waals surface area contributed by atoms with Crippen molar-refractivity contribution in [3.63, 3.8) is 0 Å². The van der Waals surface area contributed by atoms with Crippen molar-refractivity contribution in [2.45, 2.75) is 39.3 Å². The normalized spacial score (nSPS) is 11.4. The predicted octanol–water partition coefficient (Wildman–Crippen LogP) is 4.28. The molecule has 0 saturated carbocycles. The number of rotatable bonds is 5. The van der Waals surface area contributed by atoms with Gasteiger partial charge in [-0.3, -0.25) is 0 Å². The Labute approximate surface area is 128 Å². The maximum Gasteiger partial charge on any atom is 0.119 e. The Kier molecular flexibility index (Phi) is 5.03. The summed E-state index contributed by atoms with van der Waals surface area (Å²) < 4.78 is 5.87. The second kappa shape index (κ2) is 6.77. The van der Waals surface area contributed by atoms with Gasteiger partial charge in [0, 0.05) is 6.54 Å². The topological polar surface area (TPSA) is 21.3 Å². The first-order valence-electron chi connectivity index (χ1n) is 7.45. The molecule has 0 aliphatic heterocycles. The zero-order chi connectivity index (χ0) is 15.3. The molecule has 0 amide bonds. The average Bonchev–Trinajstić information content (AvgIpc) is 2.45. The van der Waals surface area contributed by atoms with E-state index < -0.39 is 0 Å². The van der Waals surface area contributed by atoms with E-state index in [2.05, 4.69) is 74.6 Å². The summed E-state index contributed by atoms with van der Waals surface area (Å²) in [4.78, 5) is 0. The second-order valence-corrected chi connectivity index (χ2v) is 6.41. The fourth-order valence-corrected chi connectivity index (χ4v) is 2.25. The number of nitrogens with one attached hydrogen (secondary N) is 1. The monoisotopic (exact) mass is 283 g/mol. The molecule has 0 unspecified atom stereocenters. The molecule has 2 rings (SSSR count). The van der Waals surface area contributed by atoms with E-state index in [-0.39, 0.29) is 5.41 Å². The molecule has 0 fully saturated rings. The molecule has 2 aromatic carbocycles. The number of hydrogen-bond donors (Lipinski definition) is 1. The van der Waals surface area contributed by atoms with Gasteiger partial charge in [0.2, 0.25) is 0 Å². The fraction of sp³-hybridized carbons (Fsp3) is 0.368. The van der Waals surface area contributed by atoms with Crippen LogP contribution in [0.1, 0.15) is 37.5 Å². The molecular formula is C19H25NO. The van der Waals surface area contributed by atoms with Crippen molar-refractivity contribution in [3.05, 3.63) is 65.2 Å². The van der Waals surface area contributed by atoms with Crippen LogP contribution in [0.4, 0.5) is 0 Å². The third-order valence-electron chi connectivity index (χ3n) is 3.50. The van der Waals surface area contributed by atoms with Gasteiger partial charge in [-0.05, 0) is 41.3 Å². The second-order valence-electron chi connectivity index (χ2n) is 6.41. The van der Waals surface area contributed by atoms with Crippen LogP contribution in [0, 0.1) is 0 Å². The van der Waals surface area contributed by atoms with Gasteiger partial charge in [0.25, 0.3) is 0 Å². The van der Waals surface area contributed by atoms with Crippen molar-refractivity contribution in [3.8, 4) is 5.75 Å². The van der Waals surface area contributed by atoms with E-state index >= 15 is 0 Å². The molecule has 1 N–H and O–H groups in total. The predicted molar refractivity (Wildman–Crippen MR) is 88.7 cm³/mol. The minimum absolute atomic E-state index is 0.181. The fourth-order valence-electron chi connectivity index (χ4n) is 2.25. The van der Waals surface area contributed by atoms with Crippen LogP contribution in [0.3, 0.4) is 0 Å². The molecule has 0 aromatic heterocycles. The first-order chi connectivity index (χ1) is 9.99. The van der Waals surface area contributed by atoms with Crippen LogP contribution < -0.4 is 10.1 Å². The van der Waals surface area contributed by atoms with E-state index in [1.54, 1.807) is 0 Å². The molecule has 0 spiro atoms. The van der Waals surface area contributed by atoms with Crippen LogP contribution in [-0.4, -0.2) is 7.05 Å². The van der Waals surface area contributed by atoms with Crippen molar-refractivity contribution < 1.29 is 4.74 Å². The smallest absolute Gasteiger partial charge is 0.119 e. The van der Waals surface area contributed by atoms with Gasteiger partial charge in [-0.25, -0.2) is 0 Å². The number of benzene rings is 2. The third-order valence-corrected chi connectivity index (χ3v) is 3.50. The molecular weight excluding hydrogens is 258 g/mol. The van der Waals surface area contributed by atoms with E-state index in [0.717, 1.165) is 12.3 Å². The van der Waals surface area contributed by atoms with Crippen LogP contribution in [0.5, 0.6) is 5.75 Å². The zero-order valence-corrected chi connectivity index (χ0v) is 13.4. The van der Waals surface area contributed by atoms with Crippen LogP contribution in [0.25, 0.3) is 0 Å². The lowest BCUT2D eigenvalue weighted by Gasteiger charge is -2.19. The quantitative estimate of drug-likeness (QED) is 0.884. The Morgan fingerprint density at radius 3 is 2.24 bits per heavy atom. The van der Waals surface area contributed by atoms with E-state index in [0.29, 0.717) is 6.61 Å². The summed E-state index contributed by atoms with van der Waals surface area (Å²) in [6.07, 6.45) is 0. The van der Waals surface area contributed by atoms with Crippen molar-refractivity contribution in [2.24, 2.45) is 0 Å². The molecule has 2 aromatic rings. The Balaban J connectivity index is 1.98. The maximum atomic E-state index is 5.87. The molecule has 0 radical (unpaired) electrons. The maximum absolute atomic E-state index is 5.87. The van der Waals surface area contributed by atoms with Gasteiger partial charge >= 0.3 is 0 Å². The summed E-state index contributed by atoms with van der Waals surface area (Å²) >= 11 is 0. The SMILES string of the molecule is CNCc1cccc(COc2ccc(C(C)(C)C)cc2)c1. The van der Waals surface area contributed by atoms with E-state index in [4.69, 9.17) is 4.74 Å². The molecule has 21 heavy (non-hydrogen) atoms. The minimum Gasteiger partial charge on any atom is -0.489 e. The summed E-state index contributed by atoms with van der Waals surface area (Å²) in [7, 11) is 1.96. The van der Waals surface area contributed by atoms with Gasteiger partial charge in [0.05, 0.1) is 0 Å². The summed E-state index contributed by atoms with van der Waals surface area (Å²) in [6, 6.07) is 16.9. The van der Waals surface area contributed by atoms with Crippen LogP contribution >= 0.6 is 0 Å². The highest BCUT2D eigenvalue weighted by Gasteiger charge is 2.12. The summed E-state index contributed by atoms with van der Waals surface area (Å²) in [5.74, 6) is 0.919. The molecule has 112 valence electrons. The molecule has 0 aliphatic rings. The van der Waals surface area contributed by atoms with Crippen LogP contribution in [0.15, 0.2) is 48.5 Å². The Morgan fingerprint density at radius 1 is 0.952 bits per heavy atom. The van der Waals surface area contributed by atoms with E-state index in [1.165, 1.54) is 16.7 Å². The first-order valence-corrected chi connectivity index (χ1v) is 7.45. The molecule has 2 heteroatoms. The van der Waals surface area contributed by atoms with Gasteiger partial charge in [-0.15, -0.1) is 0 Å². The van der Waals surface area contributed by atoms with Crippen molar-refractivity contribution >= 4 is 0 Å². The third kappa shape index (κ3) is 4.61. The minimum atomic E-state index is 0.181. The Hall–Kier alpha value is -1.80. The van der Waals surface area contributed by atoms with Crippen LogP contribution in [0.2, 0.25) is 0 Å². The highest BCUT2D eigenvalue weighted by atomic mass is 16.5. The largest absolute Gasteiger partial charge is 0.489 e. The van der Waals surface area contributed by atoms with Crippen molar-refractivity contribution in [1.82, 2.24) is 5.32 Å². The van der Waals surface area contributed by atoms with E-state index in [1.807, 2.05) is 7.05 Å². The first kappa shape index (κ1) is 15.6. The lowest BCUT2D eigenvalue weighted by molar-refractivity contribution is 0.306. The average molecular weight is 283 g/mol. The standard InChI is InChI=1S/C19H25NO/c1-19(2,3)17-8-10-18(11-9-17)21-14-16-7-5-6-15(12-16)13-20-4/h5-12,20H,13-14H2,1-4H3. The zero-order valence-electron chi connectivity index (χ0n) is 13.4. The number of hydrogen-bond acceptors (Lipinski definition) is 2. The molecule has 0 saturated heterocycles. The van der Waals surface area contributed by atoms with E-state index in [9.17, 15) is 0 Å². The summed E-state index contributed by atoms with van der Waals surface area (Å²) in [5, 5.41) is 3.16. The van der Waals surface area contributed by atoms with Gasteiger partial charge in [0.1, 0.15) is 12.4 Å². The number of ether oxygens (including phenoxy) is 1. The molecule has 0 heterocycles. The summed E-state index contributed by atoms with van der Waals surface area (Å²) in [6.45, 7) is 8.14. The molecule has 0 bridgehead atoms. The summed E-state index contributed by atoms with van der Waals surface area (Å²) in [5.41, 5.74) is 3.98. The van der Waals surface area contributed by atoms with Crippen molar-refractivity contribution in [1.29, 1.82) is 0 Å². The highest BCUT2D eigenvalue weighted by Crippen LogP contribution is 2.24. The van der Waals surface area contributed by atoms with Gasteiger partial charge < -0.3 is 10.1 Å². The molecule has 0 atom stereocenters. The van der Waals surface area contributed by atoms with Crippen LogP contribution in [-0.2, 0) is 18.6 Å². The lowest BCUT2D eigenvalue weighted by Crippen LogP contribution is -2.10. The molecule has 2 nitrogen and oxygen atoms in total. The van der Waals surface area contributed by atoms with Gasteiger partial charge in [-0.1, -0.05) is 57.2 Å². The Bertz CT molecular complexity index is 567.